The quantitative estimate of drug-likeness (QED) is 0.513. The van der Waals surface area contributed by atoms with Crippen molar-refractivity contribution in [3.63, 3.8) is 0 Å². The highest BCUT2D eigenvalue weighted by Gasteiger charge is 2.17. The second kappa shape index (κ2) is 7.09. The molecule has 126 valence electrons. The topological polar surface area (TPSA) is 56.5 Å². The third-order valence-electron chi connectivity index (χ3n) is 3.43. The van der Waals surface area contributed by atoms with E-state index >= 15 is 0 Å². The summed E-state index contributed by atoms with van der Waals surface area (Å²) in [5.74, 6) is -2.45. The van der Waals surface area contributed by atoms with Crippen LogP contribution in [0.5, 0.6) is 0 Å². The largest absolute Gasteiger partial charge is 0.451 e. The van der Waals surface area contributed by atoms with E-state index in [0.29, 0.717) is 0 Å². The van der Waals surface area contributed by atoms with Crippen LogP contribution in [0.25, 0.3) is 11.3 Å². The molecular weight excluding hydrogens is 330 g/mol. The Morgan fingerprint density at radius 1 is 0.960 bits per heavy atom. The standard InChI is InChI=1S/C19H12F2O4/c20-13-5-3-4-12(10-13)16(22)11-24-19(23)18-9-8-17(25-18)14-6-1-2-7-15(14)21/h1-10H,11H2. The van der Waals surface area contributed by atoms with Gasteiger partial charge in [-0.15, -0.1) is 0 Å². The van der Waals surface area contributed by atoms with Crippen molar-refractivity contribution in [2.75, 3.05) is 6.61 Å². The van der Waals surface area contributed by atoms with Gasteiger partial charge in [0.2, 0.25) is 5.76 Å². The van der Waals surface area contributed by atoms with Crippen LogP contribution in [-0.4, -0.2) is 18.4 Å². The zero-order chi connectivity index (χ0) is 17.8. The lowest BCUT2D eigenvalue weighted by molar-refractivity contribution is 0.0445. The molecule has 0 aliphatic heterocycles. The number of hydrogen-bond acceptors (Lipinski definition) is 4. The van der Waals surface area contributed by atoms with Gasteiger partial charge in [-0.05, 0) is 36.4 Å². The van der Waals surface area contributed by atoms with E-state index < -0.39 is 30.0 Å². The number of carbonyl (C=O) groups excluding carboxylic acids is 2. The lowest BCUT2D eigenvalue weighted by Gasteiger charge is -2.03. The van der Waals surface area contributed by atoms with Gasteiger partial charge in [-0.1, -0.05) is 24.3 Å². The van der Waals surface area contributed by atoms with Crippen LogP contribution in [0.3, 0.4) is 0 Å². The molecule has 4 nitrogen and oxygen atoms in total. The summed E-state index contributed by atoms with van der Waals surface area (Å²) in [5, 5.41) is 0. The van der Waals surface area contributed by atoms with Gasteiger partial charge in [0.15, 0.2) is 12.4 Å². The maximum atomic E-state index is 13.7. The molecule has 0 N–H and O–H groups in total. The van der Waals surface area contributed by atoms with Crippen molar-refractivity contribution in [1.29, 1.82) is 0 Å². The van der Waals surface area contributed by atoms with Gasteiger partial charge in [0.05, 0.1) is 5.56 Å². The minimum atomic E-state index is -0.868. The van der Waals surface area contributed by atoms with Crippen LogP contribution in [0.15, 0.2) is 65.1 Å². The van der Waals surface area contributed by atoms with Crippen LogP contribution in [0.2, 0.25) is 0 Å². The fraction of sp³-hybridized carbons (Fsp3) is 0.0526. The maximum absolute atomic E-state index is 13.7. The predicted octanol–water partition coefficient (Wildman–Crippen LogP) is 4.26. The Hall–Kier alpha value is -3.28. The highest BCUT2D eigenvalue weighted by Crippen LogP contribution is 2.25. The molecule has 2 aromatic carbocycles. The predicted molar refractivity (Wildman–Crippen MR) is 85.1 cm³/mol. The Morgan fingerprint density at radius 3 is 2.52 bits per heavy atom. The highest BCUT2D eigenvalue weighted by molar-refractivity contribution is 5.99. The van der Waals surface area contributed by atoms with Gasteiger partial charge in [0, 0.05) is 5.56 Å². The van der Waals surface area contributed by atoms with E-state index in [1.165, 1.54) is 48.5 Å². The molecule has 0 unspecified atom stereocenters. The monoisotopic (exact) mass is 342 g/mol. The van der Waals surface area contributed by atoms with E-state index in [-0.39, 0.29) is 22.6 Å². The van der Waals surface area contributed by atoms with Crippen molar-refractivity contribution in [1.82, 2.24) is 0 Å². The fourth-order valence-corrected chi connectivity index (χ4v) is 2.20. The van der Waals surface area contributed by atoms with Gasteiger partial charge >= 0.3 is 5.97 Å². The molecule has 0 radical (unpaired) electrons. The number of halogens is 2. The second-order valence-corrected chi connectivity index (χ2v) is 5.15. The minimum Gasteiger partial charge on any atom is -0.451 e. The molecule has 0 amide bonds. The summed E-state index contributed by atoms with van der Waals surface area (Å²) in [4.78, 5) is 23.8. The third kappa shape index (κ3) is 3.80. The smallest absolute Gasteiger partial charge is 0.374 e. The zero-order valence-corrected chi connectivity index (χ0v) is 12.9. The first kappa shape index (κ1) is 16.6. The molecule has 1 aromatic heterocycles. The SMILES string of the molecule is O=C(COC(=O)c1ccc(-c2ccccc2F)o1)c1cccc(F)c1. The van der Waals surface area contributed by atoms with E-state index in [1.807, 2.05) is 0 Å². The van der Waals surface area contributed by atoms with Crippen molar-refractivity contribution in [2.45, 2.75) is 0 Å². The lowest BCUT2D eigenvalue weighted by Crippen LogP contribution is -2.14. The van der Waals surface area contributed by atoms with Gasteiger partial charge in [-0.2, -0.15) is 0 Å². The van der Waals surface area contributed by atoms with E-state index in [0.717, 1.165) is 6.07 Å². The normalized spacial score (nSPS) is 10.5. The maximum Gasteiger partial charge on any atom is 0.374 e. The molecule has 3 rings (SSSR count). The number of esters is 1. The highest BCUT2D eigenvalue weighted by atomic mass is 19.1. The van der Waals surface area contributed by atoms with E-state index in [9.17, 15) is 18.4 Å². The number of hydrogen-bond donors (Lipinski definition) is 0. The Kier molecular flexibility index (Phi) is 4.70. The number of rotatable bonds is 5. The number of furan rings is 1. The molecule has 6 heteroatoms. The van der Waals surface area contributed by atoms with Crippen molar-refractivity contribution in [2.24, 2.45) is 0 Å². The third-order valence-corrected chi connectivity index (χ3v) is 3.43. The van der Waals surface area contributed by atoms with Crippen molar-refractivity contribution >= 4 is 11.8 Å². The Balaban J connectivity index is 1.66. The van der Waals surface area contributed by atoms with Crippen LogP contribution in [0, 0.1) is 11.6 Å². The van der Waals surface area contributed by atoms with Gasteiger partial charge in [0.25, 0.3) is 0 Å². The second-order valence-electron chi connectivity index (χ2n) is 5.15. The molecule has 0 saturated carbocycles. The number of Topliss-reactive ketones (excluding diaryl/α,β-unsaturated/α-hetero) is 1. The molecule has 0 atom stereocenters. The summed E-state index contributed by atoms with van der Waals surface area (Å²) >= 11 is 0. The van der Waals surface area contributed by atoms with E-state index in [4.69, 9.17) is 9.15 Å². The summed E-state index contributed by atoms with van der Waals surface area (Å²) in [5.41, 5.74) is 0.302. The van der Waals surface area contributed by atoms with Crippen molar-refractivity contribution < 1.29 is 27.5 Å². The molecule has 0 aliphatic rings. The Labute approximate surface area is 141 Å². The Bertz CT molecular complexity index is 930. The molecule has 0 spiro atoms. The average Bonchev–Trinajstić information content (AvgIpc) is 3.09. The van der Waals surface area contributed by atoms with Gasteiger partial charge in [-0.3, -0.25) is 4.79 Å². The van der Waals surface area contributed by atoms with E-state index in [1.54, 1.807) is 6.07 Å². The van der Waals surface area contributed by atoms with Gasteiger partial charge < -0.3 is 9.15 Å². The van der Waals surface area contributed by atoms with Crippen molar-refractivity contribution in [3.05, 3.63) is 83.6 Å². The van der Waals surface area contributed by atoms with Gasteiger partial charge in [0.1, 0.15) is 17.4 Å². The molecule has 0 aliphatic carbocycles. The first-order chi connectivity index (χ1) is 12.0. The summed E-state index contributed by atoms with van der Waals surface area (Å²) < 4.78 is 36.9. The summed E-state index contributed by atoms with van der Waals surface area (Å²) in [6.07, 6.45) is 0. The molecule has 25 heavy (non-hydrogen) atoms. The number of ketones is 1. The summed E-state index contributed by atoms with van der Waals surface area (Å²) in [7, 11) is 0. The number of ether oxygens (including phenoxy) is 1. The molecule has 1 heterocycles. The minimum absolute atomic E-state index is 0.0966. The van der Waals surface area contributed by atoms with Gasteiger partial charge in [-0.25, -0.2) is 13.6 Å². The first-order valence-corrected chi connectivity index (χ1v) is 7.35. The Morgan fingerprint density at radius 2 is 1.76 bits per heavy atom. The average molecular weight is 342 g/mol. The van der Waals surface area contributed by atoms with Crippen LogP contribution in [-0.2, 0) is 4.74 Å². The molecule has 0 fully saturated rings. The molecule has 0 bridgehead atoms. The van der Waals surface area contributed by atoms with Crippen molar-refractivity contribution in [3.8, 4) is 11.3 Å². The number of carbonyl (C=O) groups is 2. The summed E-state index contributed by atoms with van der Waals surface area (Å²) in [6, 6.07) is 13.8. The van der Waals surface area contributed by atoms with Crippen LogP contribution in [0.4, 0.5) is 8.78 Å². The van der Waals surface area contributed by atoms with Crippen LogP contribution >= 0.6 is 0 Å². The zero-order valence-electron chi connectivity index (χ0n) is 12.9. The fourth-order valence-electron chi connectivity index (χ4n) is 2.20. The molecule has 3 aromatic rings. The lowest BCUT2D eigenvalue weighted by atomic mass is 10.1. The first-order valence-electron chi connectivity index (χ1n) is 7.35. The summed E-state index contributed by atoms with van der Waals surface area (Å²) in [6.45, 7) is -0.558. The van der Waals surface area contributed by atoms with Crippen LogP contribution < -0.4 is 0 Å². The number of benzene rings is 2. The molecule has 0 saturated heterocycles. The molecular formula is C19H12F2O4. The van der Waals surface area contributed by atoms with E-state index in [2.05, 4.69) is 0 Å². The van der Waals surface area contributed by atoms with Crippen LogP contribution in [0.1, 0.15) is 20.9 Å².